The van der Waals surface area contributed by atoms with Crippen LogP contribution in [0.25, 0.3) is 0 Å². The van der Waals surface area contributed by atoms with E-state index in [2.05, 4.69) is 50.3 Å². The first kappa shape index (κ1) is 52.9. The summed E-state index contributed by atoms with van der Waals surface area (Å²) in [6.45, 7) is 3.37. The van der Waals surface area contributed by atoms with Gasteiger partial charge in [-0.2, -0.15) is 0 Å². The molecule has 4 N–H and O–H groups in total. The molecule has 1 heterocycles. The third kappa shape index (κ3) is 29.7. The van der Waals surface area contributed by atoms with Gasteiger partial charge in [0.25, 0.3) is 0 Å². The molecule has 332 valence electrons. The second-order valence-electron chi connectivity index (χ2n) is 15.8. The van der Waals surface area contributed by atoms with Crippen molar-refractivity contribution >= 4 is 11.9 Å². The minimum Gasteiger partial charge on any atom is -0.462 e. The number of esters is 2. The summed E-state index contributed by atoms with van der Waals surface area (Å²) >= 11 is 0. The molecule has 10 nitrogen and oxygen atoms in total. The van der Waals surface area contributed by atoms with Gasteiger partial charge in [0.2, 0.25) is 0 Å². The monoisotopic (exact) mass is 809 g/mol. The standard InChI is InChI=1S/C47H84O10/c1-3-5-7-9-11-13-15-17-18-19-20-21-22-24-25-27-29-31-33-35-42(49)54-38-40(39-55-47-46(53)45(52)44(51)41(37-48)57-47)56-43(50)36-34-32-30-28-26-23-16-14-12-10-8-6-4-2/h11,13-14,16-18,40-41,44-48,51-53H,3-10,12,15,19-39H2,1-2H3/b13-11+,16-14+,18-17+/t40-,41-,44+,45?,46?,47-/m0/s1. The maximum Gasteiger partial charge on any atom is 0.306 e. The summed E-state index contributed by atoms with van der Waals surface area (Å²) < 4.78 is 22.2. The van der Waals surface area contributed by atoms with Gasteiger partial charge < -0.3 is 39.4 Å². The van der Waals surface area contributed by atoms with E-state index in [0.717, 1.165) is 77.0 Å². The summed E-state index contributed by atoms with van der Waals surface area (Å²) in [5.74, 6) is -0.819. The van der Waals surface area contributed by atoms with Crippen LogP contribution in [0.15, 0.2) is 36.5 Å². The third-order valence-electron chi connectivity index (χ3n) is 10.5. The molecule has 1 rings (SSSR count). The third-order valence-corrected chi connectivity index (χ3v) is 10.5. The van der Waals surface area contributed by atoms with E-state index >= 15 is 0 Å². The minimum absolute atomic E-state index is 0.219. The van der Waals surface area contributed by atoms with Crippen molar-refractivity contribution < 1.29 is 49.0 Å². The van der Waals surface area contributed by atoms with E-state index in [9.17, 15) is 30.0 Å². The van der Waals surface area contributed by atoms with Crippen LogP contribution >= 0.6 is 0 Å². The predicted molar refractivity (Wildman–Crippen MR) is 229 cm³/mol. The van der Waals surface area contributed by atoms with Crippen molar-refractivity contribution in [1.29, 1.82) is 0 Å². The highest BCUT2D eigenvalue weighted by atomic mass is 16.7. The summed E-state index contributed by atoms with van der Waals surface area (Å²) in [5.41, 5.74) is 0. The van der Waals surface area contributed by atoms with Gasteiger partial charge in [-0.3, -0.25) is 9.59 Å². The van der Waals surface area contributed by atoms with E-state index in [1.165, 1.54) is 83.5 Å². The molecule has 0 saturated carbocycles. The van der Waals surface area contributed by atoms with Crippen LogP contribution in [-0.4, -0.2) is 89.0 Å². The Morgan fingerprint density at radius 2 is 0.982 bits per heavy atom. The average Bonchev–Trinajstić information content (AvgIpc) is 3.21. The molecule has 10 heteroatoms. The number of unbranched alkanes of at least 4 members (excludes halogenated alkanes) is 21. The van der Waals surface area contributed by atoms with Crippen LogP contribution in [0.4, 0.5) is 0 Å². The van der Waals surface area contributed by atoms with E-state index in [-0.39, 0.29) is 32.0 Å². The lowest BCUT2D eigenvalue weighted by molar-refractivity contribution is -0.305. The van der Waals surface area contributed by atoms with E-state index < -0.39 is 49.4 Å². The molecular weight excluding hydrogens is 725 g/mol. The molecule has 0 spiro atoms. The van der Waals surface area contributed by atoms with Crippen molar-refractivity contribution in [3.63, 3.8) is 0 Å². The second-order valence-corrected chi connectivity index (χ2v) is 15.8. The maximum absolute atomic E-state index is 12.8. The molecular formula is C47H84O10. The molecule has 1 aliphatic heterocycles. The molecule has 0 amide bonds. The van der Waals surface area contributed by atoms with Crippen LogP contribution < -0.4 is 0 Å². The molecule has 0 bridgehead atoms. The quantitative estimate of drug-likeness (QED) is 0.0270. The summed E-state index contributed by atoms with van der Waals surface area (Å²) in [7, 11) is 0. The number of hydrogen-bond acceptors (Lipinski definition) is 10. The maximum atomic E-state index is 12.8. The van der Waals surface area contributed by atoms with Crippen molar-refractivity contribution in [2.75, 3.05) is 19.8 Å². The zero-order valence-corrected chi connectivity index (χ0v) is 36.1. The Hall–Kier alpha value is -2.08. The van der Waals surface area contributed by atoms with Gasteiger partial charge in [-0.25, -0.2) is 0 Å². The zero-order valence-electron chi connectivity index (χ0n) is 36.1. The molecule has 57 heavy (non-hydrogen) atoms. The smallest absolute Gasteiger partial charge is 0.306 e. The van der Waals surface area contributed by atoms with Gasteiger partial charge in [-0.05, 0) is 70.6 Å². The minimum atomic E-state index is -1.60. The van der Waals surface area contributed by atoms with Gasteiger partial charge in [0.1, 0.15) is 31.0 Å². The van der Waals surface area contributed by atoms with Crippen LogP contribution in [0.3, 0.4) is 0 Å². The van der Waals surface area contributed by atoms with Crippen molar-refractivity contribution in [2.45, 2.75) is 230 Å². The van der Waals surface area contributed by atoms with Crippen LogP contribution in [0, 0.1) is 0 Å². The Bertz CT molecular complexity index is 1030. The number of hydrogen-bond donors (Lipinski definition) is 4. The lowest BCUT2D eigenvalue weighted by Gasteiger charge is -2.39. The molecule has 6 atom stereocenters. The Kier molecular flexibility index (Phi) is 35.4. The normalized spacial score (nSPS) is 20.6. The Balaban J connectivity index is 2.30. The van der Waals surface area contributed by atoms with E-state index in [1.54, 1.807) is 0 Å². The first-order valence-electron chi connectivity index (χ1n) is 23.1. The lowest BCUT2D eigenvalue weighted by atomic mass is 9.99. The van der Waals surface area contributed by atoms with Crippen LogP contribution in [0.1, 0.15) is 194 Å². The predicted octanol–water partition coefficient (Wildman–Crippen LogP) is 9.89. The molecule has 0 aromatic rings. The fourth-order valence-electron chi connectivity index (χ4n) is 6.80. The number of ether oxygens (including phenoxy) is 4. The van der Waals surface area contributed by atoms with Crippen LogP contribution in [0.5, 0.6) is 0 Å². The number of rotatable bonds is 38. The molecule has 0 aromatic heterocycles. The first-order valence-corrected chi connectivity index (χ1v) is 23.1. The van der Waals surface area contributed by atoms with Gasteiger partial charge >= 0.3 is 11.9 Å². The average molecular weight is 809 g/mol. The van der Waals surface area contributed by atoms with Gasteiger partial charge in [0.15, 0.2) is 12.4 Å². The topological polar surface area (TPSA) is 152 Å². The summed E-state index contributed by atoms with van der Waals surface area (Å²) in [4.78, 5) is 25.3. The molecule has 2 unspecified atom stereocenters. The van der Waals surface area contributed by atoms with Crippen molar-refractivity contribution in [3.8, 4) is 0 Å². The van der Waals surface area contributed by atoms with Gasteiger partial charge in [0, 0.05) is 12.8 Å². The largest absolute Gasteiger partial charge is 0.462 e. The molecule has 0 radical (unpaired) electrons. The fraction of sp³-hybridized carbons (Fsp3) is 0.830. The molecule has 0 aromatic carbocycles. The lowest BCUT2D eigenvalue weighted by Crippen LogP contribution is -2.59. The second kappa shape index (κ2) is 38.1. The molecule has 1 saturated heterocycles. The number of carbonyl (C=O) groups is 2. The SMILES string of the molecule is CCCCC/C=C/C/C=C/CCCCCCCCCCCC(=O)OC[C@@H](CO[C@H]1O[C@@H](CO)[C@@H](O)C(O)C1O)OC(=O)CCCCCCC/C=C/CCCCCC. The van der Waals surface area contributed by atoms with E-state index in [0.29, 0.717) is 6.42 Å². The van der Waals surface area contributed by atoms with Crippen molar-refractivity contribution in [1.82, 2.24) is 0 Å². The number of aliphatic hydroxyl groups is 4. The highest BCUT2D eigenvalue weighted by Crippen LogP contribution is 2.22. The number of allylic oxidation sites excluding steroid dienone is 6. The fourth-order valence-corrected chi connectivity index (χ4v) is 6.80. The molecule has 1 fully saturated rings. The van der Waals surface area contributed by atoms with Crippen molar-refractivity contribution in [3.05, 3.63) is 36.5 Å². The zero-order chi connectivity index (χ0) is 41.6. The van der Waals surface area contributed by atoms with Crippen LogP contribution in [0.2, 0.25) is 0 Å². The summed E-state index contributed by atoms with van der Waals surface area (Å²) in [6, 6.07) is 0. The van der Waals surface area contributed by atoms with Crippen molar-refractivity contribution in [2.24, 2.45) is 0 Å². The Labute approximate surface area is 346 Å². The van der Waals surface area contributed by atoms with Gasteiger partial charge in [-0.15, -0.1) is 0 Å². The number of aliphatic hydroxyl groups excluding tert-OH is 4. The van der Waals surface area contributed by atoms with E-state index in [4.69, 9.17) is 18.9 Å². The summed E-state index contributed by atoms with van der Waals surface area (Å²) in [5, 5.41) is 40.1. The number of carbonyl (C=O) groups excluding carboxylic acids is 2. The van der Waals surface area contributed by atoms with Gasteiger partial charge in [0.05, 0.1) is 13.2 Å². The highest BCUT2D eigenvalue weighted by molar-refractivity contribution is 5.70. The Morgan fingerprint density at radius 3 is 1.51 bits per heavy atom. The van der Waals surface area contributed by atoms with Crippen LogP contribution in [-0.2, 0) is 28.5 Å². The highest BCUT2D eigenvalue weighted by Gasteiger charge is 2.44. The molecule has 0 aliphatic carbocycles. The van der Waals surface area contributed by atoms with Gasteiger partial charge in [-0.1, -0.05) is 147 Å². The first-order chi connectivity index (χ1) is 27.8. The van der Waals surface area contributed by atoms with E-state index in [1.807, 2.05) is 0 Å². The molecule has 1 aliphatic rings. The Morgan fingerprint density at radius 1 is 0.544 bits per heavy atom. The summed E-state index contributed by atoms with van der Waals surface area (Å²) in [6.07, 6.45) is 35.7.